The van der Waals surface area contributed by atoms with E-state index in [1.54, 1.807) is 19.1 Å². The van der Waals surface area contributed by atoms with E-state index in [0.29, 0.717) is 24.2 Å². The summed E-state index contributed by atoms with van der Waals surface area (Å²) in [5.74, 6) is -1.12. The number of nitrogen functional groups attached to an aromatic ring is 2. The van der Waals surface area contributed by atoms with Gasteiger partial charge in [-0.1, -0.05) is 13.0 Å². The minimum Gasteiger partial charge on any atom is -0.481 e. The molecular formula is C11H16N2O2. The SMILES string of the molecule is CC(CCc1ccc(N)cc1N)C(=O)O. The van der Waals surface area contributed by atoms with Gasteiger partial charge in [0, 0.05) is 11.4 Å². The lowest BCUT2D eigenvalue weighted by atomic mass is 10.00. The van der Waals surface area contributed by atoms with E-state index in [1.807, 2.05) is 6.07 Å². The van der Waals surface area contributed by atoms with Gasteiger partial charge in [0.1, 0.15) is 0 Å². The van der Waals surface area contributed by atoms with Crippen LogP contribution in [-0.2, 0) is 11.2 Å². The summed E-state index contributed by atoms with van der Waals surface area (Å²) >= 11 is 0. The highest BCUT2D eigenvalue weighted by atomic mass is 16.4. The summed E-state index contributed by atoms with van der Waals surface area (Å²) in [4.78, 5) is 10.6. The van der Waals surface area contributed by atoms with Gasteiger partial charge in [0.05, 0.1) is 5.92 Å². The number of nitrogens with two attached hydrogens (primary N) is 2. The molecule has 1 rings (SSSR count). The quantitative estimate of drug-likeness (QED) is 0.654. The topological polar surface area (TPSA) is 89.3 Å². The van der Waals surface area contributed by atoms with Crippen LogP contribution < -0.4 is 11.5 Å². The second-order valence-electron chi connectivity index (χ2n) is 3.74. The summed E-state index contributed by atoms with van der Waals surface area (Å²) in [5.41, 5.74) is 13.5. The zero-order valence-electron chi connectivity index (χ0n) is 8.73. The van der Waals surface area contributed by atoms with E-state index in [9.17, 15) is 4.79 Å². The van der Waals surface area contributed by atoms with Crippen molar-refractivity contribution < 1.29 is 9.90 Å². The molecule has 0 saturated carbocycles. The summed E-state index contributed by atoms with van der Waals surface area (Å²) in [6.07, 6.45) is 1.25. The van der Waals surface area contributed by atoms with Gasteiger partial charge in [-0.05, 0) is 30.5 Å². The molecule has 15 heavy (non-hydrogen) atoms. The lowest BCUT2D eigenvalue weighted by Crippen LogP contribution is -2.10. The van der Waals surface area contributed by atoms with Gasteiger partial charge in [-0.25, -0.2) is 0 Å². The van der Waals surface area contributed by atoms with Crippen molar-refractivity contribution in [1.82, 2.24) is 0 Å². The van der Waals surface area contributed by atoms with Gasteiger partial charge in [0.2, 0.25) is 0 Å². The molecule has 0 aliphatic heterocycles. The molecule has 1 aromatic carbocycles. The highest BCUT2D eigenvalue weighted by Gasteiger charge is 2.11. The monoisotopic (exact) mass is 208 g/mol. The number of rotatable bonds is 4. The molecule has 0 aliphatic carbocycles. The number of hydrogen-bond donors (Lipinski definition) is 3. The van der Waals surface area contributed by atoms with Gasteiger partial charge < -0.3 is 16.6 Å². The number of carbonyl (C=O) groups is 1. The van der Waals surface area contributed by atoms with Crippen LogP contribution in [-0.4, -0.2) is 11.1 Å². The van der Waals surface area contributed by atoms with E-state index < -0.39 is 5.97 Å². The van der Waals surface area contributed by atoms with Crippen LogP contribution in [0.15, 0.2) is 18.2 Å². The second-order valence-corrected chi connectivity index (χ2v) is 3.74. The molecule has 0 aromatic heterocycles. The number of aryl methyl sites for hydroxylation is 1. The van der Waals surface area contributed by atoms with Gasteiger partial charge >= 0.3 is 5.97 Å². The largest absolute Gasteiger partial charge is 0.481 e. The van der Waals surface area contributed by atoms with Crippen LogP contribution in [0.4, 0.5) is 11.4 Å². The smallest absolute Gasteiger partial charge is 0.306 e. The Bertz CT molecular complexity index is 364. The molecule has 82 valence electrons. The average molecular weight is 208 g/mol. The van der Waals surface area contributed by atoms with Gasteiger partial charge in [-0.15, -0.1) is 0 Å². The number of carboxylic acid groups (broad SMARTS) is 1. The minimum atomic E-state index is -0.774. The zero-order chi connectivity index (χ0) is 11.4. The van der Waals surface area contributed by atoms with E-state index in [0.717, 1.165) is 5.56 Å². The van der Waals surface area contributed by atoms with Crippen molar-refractivity contribution in [3.8, 4) is 0 Å². The van der Waals surface area contributed by atoms with Crippen molar-refractivity contribution >= 4 is 17.3 Å². The molecule has 0 spiro atoms. The molecule has 0 radical (unpaired) electrons. The molecule has 5 N–H and O–H groups in total. The Hall–Kier alpha value is -1.71. The molecule has 0 amide bonds. The molecule has 0 fully saturated rings. The first-order valence-corrected chi connectivity index (χ1v) is 4.87. The summed E-state index contributed by atoms with van der Waals surface area (Å²) in [5, 5.41) is 8.72. The van der Waals surface area contributed by atoms with Crippen molar-refractivity contribution in [3.05, 3.63) is 23.8 Å². The van der Waals surface area contributed by atoms with E-state index >= 15 is 0 Å². The zero-order valence-corrected chi connectivity index (χ0v) is 8.73. The standard InChI is InChI=1S/C11H16N2O2/c1-7(11(14)15)2-3-8-4-5-9(12)6-10(8)13/h4-7H,2-3,12-13H2,1H3,(H,14,15). The Labute approximate surface area is 88.9 Å². The Morgan fingerprint density at radius 3 is 2.67 bits per heavy atom. The second kappa shape index (κ2) is 4.68. The predicted octanol–water partition coefficient (Wildman–Crippen LogP) is 1.50. The summed E-state index contributed by atoms with van der Waals surface area (Å²) < 4.78 is 0. The molecule has 1 aromatic rings. The molecule has 1 atom stereocenters. The van der Waals surface area contributed by atoms with Crippen LogP contribution in [0.5, 0.6) is 0 Å². The van der Waals surface area contributed by atoms with Crippen LogP contribution in [0, 0.1) is 5.92 Å². The first-order chi connectivity index (χ1) is 7.00. The maximum absolute atomic E-state index is 10.6. The molecule has 0 heterocycles. The first-order valence-electron chi connectivity index (χ1n) is 4.87. The van der Waals surface area contributed by atoms with Gasteiger partial charge in [0.15, 0.2) is 0 Å². The lowest BCUT2D eigenvalue weighted by molar-refractivity contribution is -0.141. The highest BCUT2D eigenvalue weighted by Crippen LogP contribution is 2.19. The van der Waals surface area contributed by atoms with Crippen molar-refractivity contribution in [2.24, 2.45) is 5.92 Å². The van der Waals surface area contributed by atoms with Crippen molar-refractivity contribution in [1.29, 1.82) is 0 Å². The maximum Gasteiger partial charge on any atom is 0.306 e. The van der Waals surface area contributed by atoms with Gasteiger partial charge in [0.25, 0.3) is 0 Å². The Kier molecular flexibility index (Phi) is 3.55. The van der Waals surface area contributed by atoms with Crippen molar-refractivity contribution in [2.45, 2.75) is 19.8 Å². The summed E-state index contributed by atoms with van der Waals surface area (Å²) in [6.45, 7) is 1.69. The highest BCUT2D eigenvalue weighted by molar-refractivity contribution is 5.69. The van der Waals surface area contributed by atoms with Crippen LogP contribution in [0.25, 0.3) is 0 Å². The number of aliphatic carboxylic acids is 1. The van der Waals surface area contributed by atoms with Crippen molar-refractivity contribution in [3.63, 3.8) is 0 Å². The van der Waals surface area contributed by atoms with Crippen LogP contribution in [0.2, 0.25) is 0 Å². The Morgan fingerprint density at radius 1 is 1.47 bits per heavy atom. The fourth-order valence-electron chi connectivity index (χ4n) is 1.34. The van der Waals surface area contributed by atoms with Crippen LogP contribution in [0.3, 0.4) is 0 Å². The number of hydrogen-bond acceptors (Lipinski definition) is 3. The third kappa shape index (κ3) is 3.16. The third-order valence-electron chi connectivity index (χ3n) is 2.44. The Balaban J connectivity index is 2.62. The predicted molar refractivity (Wildman–Crippen MR) is 60.4 cm³/mol. The average Bonchev–Trinajstić information content (AvgIpc) is 2.15. The molecule has 4 heteroatoms. The van der Waals surface area contributed by atoms with E-state index in [1.165, 1.54) is 0 Å². The molecule has 0 aliphatic rings. The fraction of sp³-hybridized carbons (Fsp3) is 0.364. The van der Waals surface area contributed by atoms with Crippen molar-refractivity contribution in [2.75, 3.05) is 11.5 Å². The molecule has 1 unspecified atom stereocenters. The Morgan fingerprint density at radius 2 is 2.13 bits per heavy atom. The van der Waals surface area contributed by atoms with Crippen LogP contribution in [0.1, 0.15) is 18.9 Å². The fourth-order valence-corrected chi connectivity index (χ4v) is 1.34. The molecular weight excluding hydrogens is 192 g/mol. The number of benzene rings is 1. The molecule has 0 saturated heterocycles. The van der Waals surface area contributed by atoms with E-state index in [4.69, 9.17) is 16.6 Å². The number of carboxylic acids is 1. The first kappa shape index (κ1) is 11.4. The van der Waals surface area contributed by atoms with Gasteiger partial charge in [-0.3, -0.25) is 4.79 Å². The molecule has 0 bridgehead atoms. The van der Waals surface area contributed by atoms with Crippen LogP contribution >= 0.6 is 0 Å². The maximum atomic E-state index is 10.6. The van der Waals surface area contributed by atoms with E-state index in [-0.39, 0.29) is 5.92 Å². The van der Waals surface area contributed by atoms with E-state index in [2.05, 4.69) is 0 Å². The lowest BCUT2D eigenvalue weighted by Gasteiger charge is -2.08. The summed E-state index contributed by atoms with van der Waals surface area (Å²) in [6, 6.07) is 5.32. The van der Waals surface area contributed by atoms with Gasteiger partial charge in [-0.2, -0.15) is 0 Å². The summed E-state index contributed by atoms with van der Waals surface area (Å²) in [7, 11) is 0. The third-order valence-corrected chi connectivity index (χ3v) is 2.44. The number of anilines is 2. The normalized spacial score (nSPS) is 12.3. The minimum absolute atomic E-state index is 0.345. The molecule has 4 nitrogen and oxygen atoms in total.